The molecule has 0 atom stereocenters. The summed E-state index contributed by atoms with van der Waals surface area (Å²) >= 11 is 0. The monoisotopic (exact) mass is 316 g/mol. The third kappa shape index (κ3) is 3.67. The quantitative estimate of drug-likeness (QED) is 0.936. The average molecular weight is 316 g/mol. The van der Waals surface area contributed by atoms with Crippen LogP contribution in [0.5, 0.6) is 0 Å². The predicted octanol–water partition coefficient (Wildman–Crippen LogP) is 3.50. The number of carbonyl (C=O) groups excluding carboxylic acids is 1. The average Bonchev–Trinajstić information content (AvgIpc) is 3.10. The zero-order valence-corrected chi connectivity index (χ0v) is 12.7. The van der Waals surface area contributed by atoms with Crippen LogP contribution >= 0.6 is 0 Å². The molecule has 5 heteroatoms. The number of benzene rings is 2. The Morgan fingerprint density at radius 3 is 2.35 bits per heavy atom. The van der Waals surface area contributed by atoms with E-state index in [1.54, 1.807) is 0 Å². The van der Waals surface area contributed by atoms with Crippen LogP contribution in [0.15, 0.2) is 42.5 Å². The van der Waals surface area contributed by atoms with Gasteiger partial charge in [0.15, 0.2) is 11.6 Å². The van der Waals surface area contributed by atoms with Crippen LogP contribution in [-0.2, 0) is 6.54 Å². The van der Waals surface area contributed by atoms with Crippen LogP contribution in [0.4, 0.5) is 14.5 Å². The summed E-state index contributed by atoms with van der Waals surface area (Å²) in [7, 11) is 0. The summed E-state index contributed by atoms with van der Waals surface area (Å²) in [5, 5.41) is 2.71. The number of halogens is 2. The Morgan fingerprint density at radius 1 is 1.00 bits per heavy atom. The zero-order valence-electron chi connectivity index (χ0n) is 12.7. The first-order chi connectivity index (χ1) is 11.1. The summed E-state index contributed by atoms with van der Waals surface area (Å²) in [6.45, 7) is 2.52. The minimum atomic E-state index is -1.02. The summed E-state index contributed by atoms with van der Waals surface area (Å²) in [6.07, 6.45) is 2.46. The third-order valence-corrected chi connectivity index (χ3v) is 4.04. The Morgan fingerprint density at radius 2 is 1.70 bits per heavy atom. The van der Waals surface area contributed by atoms with E-state index in [2.05, 4.69) is 10.2 Å². The van der Waals surface area contributed by atoms with Crippen molar-refractivity contribution in [3.8, 4) is 0 Å². The molecule has 2 aromatic carbocycles. The molecule has 0 bridgehead atoms. The minimum Gasteiger partial charge on any atom is -0.372 e. The van der Waals surface area contributed by atoms with E-state index in [1.807, 2.05) is 24.3 Å². The summed E-state index contributed by atoms with van der Waals surface area (Å²) in [5.74, 6) is -2.40. The largest absolute Gasteiger partial charge is 0.372 e. The third-order valence-electron chi connectivity index (χ3n) is 4.04. The number of nitrogens with one attached hydrogen (secondary N) is 1. The molecule has 3 nitrogen and oxygen atoms in total. The Balaban J connectivity index is 1.59. The normalized spacial score (nSPS) is 14.1. The van der Waals surface area contributed by atoms with Gasteiger partial charge in [-0.05, 0) is 48.7 Å². The van der Waals surface area contributed by atoms with E-state index < -0.39 is 17.5 Å². The molecule has 1 aliphatic heterocycles. The maximum Gasteiger partial charge on any atom is 0.251 e. The predicted molar refractivity (Wildman–Crippen MR) is 85.4 cm³/mol. The van der Waals surface area contributed by atoms with E-state index in [-0.39, 0.29) is 5.56 Å². The van der Waals surface area contributed by atoms with Crippen LogP contribution in [0.3, 0.4) is 0 Å². The van der Waals surface area contributed by atoms with Gasteiger partial charge in [-0.25, -0.2) is 8.78 Å². The van der Waals surface area contributed by atoms with E-state index in [1.165, 1.54) is 24.6 Å². The molecule has 0 unspecified atom stereocenters. The molecule has 1 amide bonds. The fourth-order valence-corrected chi connectivity index (χ4v) is 2.72. The number of hydrogen-bond acceptors (Lipinski definition) is 2. The molecule has 0 spiro atoms. The molecule has 23 heavy (non-hydrogen) atoms. The molecule has 0 saturated carbocycles. The topological polar surface area (TPSA) is 32.3 Å². The first-order valence-corrected chi connectivity index (χ1v) is 7.70. The molecule has 120 valence electrons. The van der Waals surface area contributed by atoms with Crippen LogP contribution in [0.2, 0.25) is 0 Å². The number of amides is 1. The molecule has 1 saturated heterocycles. The van der Waals surface area contributed by atoms with Crippen molar-refractivity contribution in [1.82, 2.24) is 5.32 Å². The van der Waals surface area contributed by atoms with Gasteiger partial charge >= 0.3 is 0 Å². The van der Waals surface area contributed by atoms with Crippen molar-refractivity contribution in [2.45, 2.75) is 19.4 Å². The molecule has 0 radical (unpaired) electrons. The molecule has 0 aliphatic carbocycles. The summed E-state index contributed by atoms with van der Waals surface area (Å²) < 4.78 is 26.0. The highest BCUT2D eigenvalue weighted by molar-refractivity contribution is 5.94. The van der Waals surface area contributed by atoms with Gasteiger partial charge in [0, 0.05) is 30.9 Å². The second kappa shape index (κ2) is 6.77. The Hall–Kier alpha value is -2.43. The van der Waals surface area contributed by atoms with Crippen molar-refractivity contribution < 1.29 is 13.6 Å². The highest BCUT2D eigenvalue weighted by atomic mass is 19.2. The molecule has 1 aliphatic rings. The highest BCUT2D eigenvalue weighted by Gasteiger charge is 2.12. The van der Waals surface area contributed by atoms with E-state index in [4.69, 9.17) is 0 Å². The standard InChI is InChI=1S/C18H18F2N2O/c19-16-8-5-14(11-17(16)20)18(23)21-12-13-3-6-15(7-4-13)22-9-1-2-10-22/h3-8,11H,1-2,9-10,12H2,(H,21,23). The summed E-state index contributed by atoms with van der Waals surface area (Å²) in [5.41, 5.74) is 2.26. The van der Waals surface area contributed by atoms with Gasteiger partial charge in [-0.1, -0.05) is 12.1 Å². The van der Waals surface area contributed by atoms with E-state index in [9.17, 15) is 13.6 Å². The zero-order chi connectivity index (χ0) is 16.2. The van der Waals surface area contributed by atoms with Gasteiger partial charge in [0.05, 0.1) is 0 Å². The maximum absolute atomic E-state index is 13.1. The smallest absolute Gasteiger partial charge is 0.251 e. The van der Waals surface area contributed by atoms with Gasteiger partial charge in [0.2, 0.25) is 0 Å². The summed E-state index contributed by atoms with van der Waals surface area (Å²) in [6, 6.07) is 11.2. The van der Waals surface area contributed by atoms with Crippen molar-refractivity contribution in [2.75, 3.05) is 18.0 Å². The van der Waals surface area contributed by atoms with Crippen molar-refractivity contribution in [2.24, 2.45) is 0 Å². The number of nitrogens with zero attached hydrogens (tertiary/aromatic N) is 1. The van der Waals surface area contributed by atoms with Crippen molar-refractivity contribution in [3.63, 3.8) is 0 Å². The molecular formula is C18H18F2N2O. The van der Waals surface area contributed by atoms with Crippen LogP contribution in [0.1, 0.15) is 28.8 Å². The second-order valence-corrected chi connectivity index (χ2v) is 5.67. The first-order valence-electron chi connectivity index (χ1n) is 7.70. The first kappa shape index (κ1) is 15.5. The van der Waals surface area contributed by atoms with Gasteiger partial charge in [0.25, 0.3) is 5.91 Å². The minimum absolute atomic E-state index is 0.109. The van der Waals surface area contributed by atoms with Gasteiger partial charge < -0.3 is 10.2 Å². The van der Waals surface area contributed by atoms with Crippen LogP contribution in [0, 0.1) is 11.6 Å². The summed E-state index contributed by atoms with van der Waals surface area (Å²) in [4.78, 5) is 14.3. The molecule has 1 fully saturated rings. The highest BCUT2D eigenvalue weighted by Crippen LogP contribution is 2.20. The van der Waals surface area contributed by atoms with E-state index in [0.29, 0.717) is 6.54 Å². The van der Waals surface area contributed by atoms with E-state index in [0.717, 1.165) is 30.8 Å². The Labute approximate surface area is 133 Å². The number of anilines is 1. The van der Waals surface area contributed by atoms with Crippen molar-refractivity contribution >= 4 is 11.6 Å². The number of hydrogen-bond donors (Lipinski definition) is 1. The lowest BCUT2D eigenvalue weighted by atomic mass is 10.1. The van der Waals surface area contributed by atoms with Crippen molar-refractivity contribution in [1.29, 1.82) is 0 Å². The number of rotatable bonds is 4. The van der Waals surface area contributed by atoms with E-state index >= 15 is 0 Å². The lowest BCUT2D eigenvalue weighted by Crippen LogP contribution is -2.23. The SMILES string of the molecule is O=C(NCc1ccc(N2CCCC2)cc1)c1ccc(F)c(F)c1. The van der Waals surface area contributed by atoms with Crippen molar-refractivity contribution in [3.05, 3.63) is 65.2 Å². The van der Waals surface area contributed by atoms with Gasteiger partial charge in [-0.15, -0.1) is 0 Å². The molecule has 1 N–H and O–H groups in total. The lowest BCUT2D eigenvalue weighted by Gasteiger charge is -2.17. The molecule has 2 aromatic rings. The second-order valence-electron chi connectivity index (χ2n) is 5.67. The Bertz CT molecular complexity index is 695. The van der Waals surface area contributed by atoms with Gasteiger partial charge in [-0.3, -0.25) is 4.79 Å². The van der Waals surface area contributed by atoms with Crippen LogP contribution in [-0.4, -0.2) is 19.0 Å². The molecular weight excluding hydrogens is 298 g/mol. The number of carbonyl (C=O) groups is 1. The Kier molecular flexibility index (Phi) is 4.55. The fraction of sp³-hybridized carbons (Fsp3) is 0.278. The van der Waals surface area contributed by atoms with Crippen LogP contribution < -0.4 is 10.2 Å². The molecule has 0 aromatic heterocycles. The molecule has 1 heterocycles. The fourth-order valence-electron chi connectivity index (χ4n) is 2.72. The maximum atomic E-state index is 13.1. The molecule has 3 rings (SSSR count). The van der Waals surface area contributed by atoms with Crippen LogP contribution in [0.25, 0.3) is 0 Å². The van der Waals surface area contributed by atoms with Gasteiger partial charge in [-0.2, -0.15) is 0 Å². The van der Waals surface area contributed by atoms with Gasteiger partial charge in [0.1, 0.15) is 0 Å². The lowest BCUT2D eigenvalue weighted by molar-refractivity contribution is 0.0950.